The van der Waals surface area contributed by atoms with E-state index in [1.54, 1.807) is 12.1 Å². The lowest BCUT2D eigenvalue weighted by Crippen LogP contribution is -2.48. The Morgan fingerprint density at radius 2 is 2.11 bits per heavy atom. The van der Waals surface area contributed by atoms with Crippen LogP contribution in [0.5, 0.6) is 0 Å². The summed E-state index contributed by atoms with van der Waals surface area (Å²) in [5.41, 5.74) is 1.36. The Morgan fingerprint density at radius 1 is 1.42 bits per heavy atom. The molecule has 5 heteroatoms. The minimum atomic E-state index is -0.911. The molecule has 1 aromatic carbocycles. The Kier molecular flexibility index (Phi) is 4.52. The van der Waals surface area contributed by atoms with Crippen molar-refractivity contribution < 1.29 is 19.7 Å². The zero-order valence-corrected chi connectivity index (χ0v) is 11.0. The number of morpholine rings is 1. The van der Waals surface area contributed by atoms with Gasteiger partial charge in [-0.05, 0) is 24.6 Å². The van der Waals surface area contributed by atoms with Crippen LogP contribution in [0, 0.1) is 0 Å². The van der Waals surface area contributed by atoms with E-state index in [1.807, 2.05) is 12.1 Å². The van der Waals surface area contributed by atoms with Gasteiger partial charge < -0.3 is 14.9 Å². The molecule has 2 rings (SSSR count). The third-order valence-electron chi connectivity index (χ3n) is 3.42. The molecule has 5 nitrogen and oxygen atoms in total. The van der Waals surface area contributed by atoms with Crippen LogP contribution < -0.4 is 0 Å². The summed E-state index contributed by atoms with van der Waals surface area (Å²) < 4.78 is 5.49. The summed E-state index contributed by atoms with van der Waals surface area (Å²) in [7, 11) is 0. The van der Waals surface area contributed by atoms with Crippen LogP contribution in [0.2, 0.25) is 0 Å². The number of carboxylic acids is 1. The van der Waals surface area contributed by atoms with Crippen LogP contribution in [0.15, 0.2) is 24.3 Å². The summed E-state index contributed by atoms with van der Waals surface area (Å²) in [5.74, 6) is -0.911. The molecule has 1 heterocycles. The van der Waals surface area contributed by atoms with Gasteiger partial charge in [-0.25, -0.2) is 4.79 Å². The van der Waals surface area contributed by atoms with Crippen LogP contribution in [0.3, 0.4) is 0 Å². The number of aliphatic hydroxyl groups is 1. The number of aromatic carboxylic acids is 1. The number of hydrogen-bond donors (Lipinski definition) is 2. The monoisotopic (exact) mass is 265 g/mol. The topological polar surface area (TPSA) is 70.0 Å². The van der Waals surface area contributed by atoms with Crippen molar-refractivity contribution in [3.8, 4) is 0 Å². The molecule has 0 spiro atoms. The van der Waals surface area contributed by atoms with Crippen molar-refractivity contribution in [1.29, 1.82) is 0 Å². The van der Waals surface area contributed by atoms with Crippen molar-refractivity contribution in [1.82, 2.24) is 4.90 Å². The first-order valence-electron chi connectivity index (χ1n) is 6.39. The summed E-state index contributed by atoms with van der Waals surface area (Å²) in [6.07, 6.45) is -0.130. The summed E-state index contributed by atoms with van der Waals surface area (Å²) in [5, 5.41) is 18.0. The average Bonchev–Trinajstić information content (AvgIpc) is 2.42. The van der Waals surface area contributed by atoms with E-state index >= 15 is 0 Å². The molecule has 104 valence electrons. The number of aliphatic hydroxyl groups excluding tert-OH is 1. The van der Waals surface area contributed by atoms with Gasteiger partial charge in [0, 0.05) is 19.1 Å². The Bertz CT molecular complexity index is 432. The number of carboxylic acid groups (broad SMARTS) is 1. The Morgan fingerprint density at radius 3 is 2.68 bits per heavy atom. The van der Waals surface area contributed by atoms with Gasteiger partial charge in [0.25, 0.3) is 0 Å². The number of carbonyl (C=O) groups is 1. The molecule has 0 amide bonds. The quantitative estimate of drug-likeness (QED) is 0.849. The molecule has 0 radical (unpaired) electrons. The first-order chi connectivity index (χ1) is 9.10. The number of ether oxygens (including phenoxy) is 1. The second kappa shape index (κ2) is 6.14. The van der Waals surface area contributed by atoms with Gasteiger partial charge in [-0.1, -0.05) is 12.1 Å². The normalized spacial score (nSPS) is 24.3. The summed E-state index contributed by atoms with van der Waals surface area (Å²) in [6.45, 7) is 4.15. The highest BCUT2D eigenvalue weighted by Crippen LogP contribution is 2.16. The molecule has 0 bridgehead atoms. The average molecular weight is 265 g/mol. The largest absolute Gasteiger partial charge is 0.478 e. The highest BCUT2D eigenvalue weighted by atomic mass is 16.5. The fraction of sp³-hybridized carbons (Fsp3) is 0.500. The van der Waals surface area contributed by atoms with Gasteiger partial charge in [0.05, 0.1) is 24.9 Å². The maximum Gasteiger partial charge on any atom is 0.335 e. The SMILES string of the molecule is CC1COC(CO)CN1Cc1ccc(C(=O)O)cc1. The van der Waals surface area contributed by atoms with Gasteiger partial charge in [-0.2, -0.15) is 0 Å². The van der Waals surface area contributed by atoms with Gasteiger partial charge in [-0.3, -0.25) is 4.90 Å². The van der Waals surface area contributed by atoms with Crippen molar-refractivity contribution in [2.24, 2.45) is 0 Å². The molecule has 2 atom stereocenters. The number of benzene rings is 1. The summed E-state index contributed by atoms with van der Waals surface area (Å²) in [4.78, 5) is 13.0. The van der Waals surface area contributed by atoms with E-state index in [0.29, 0.717) is 24.8 Å². The van der Waals surface area contributed by atoms with Gasteiger partial charge in [-0.15, -0.1) is 0 Å². The molecule has 2 N–H and O–H groups in total. The molecular formula is C14H19NO4. The molecule has 0 aromatic heterocycles. The van der Waals surface area contributed by atoms with E-state index in [-0.39, 0.29) is 12.7 Å². The molecular weight excluding hydrogens is 246 g/mol. The highest BCUT2D eigenvalue weighted by Gasteiger charge is 2.25. The molecule has 2 unspecified atom stereocenters. The zero-order valence-electron chi connectivity index (χ0n) is 11.0. The van der Waals surface area contributed by atoms with E-state index in [4.69, 9.17) is 14.9 Å². The number of nitrogens with zero attached hydrogens (tertiary/aromatic N) is 1. The van der Waals surface area contributed by atoms with Crippen LogP contribution in [0.1, 0.15) is 22.8 Å². The van der Waals surface area contributed by atoms with Crippen LogP contribution in [0.25, 0.3) is 0 Å². The fourth-order valence-corrected chi connectivity index (χ4v) is 2.19. The molecule has 1 aliphatic rings. The molecule has 0 saturated carbocycles. The van der Waals surface area contributed by atoms with Crippen molar-refractivity contribution in [3.05, 3.63) is 35.4 Å². The third-order valence-corrected chi connectivity index (χ3v) is 3.42. The van der Waals surface area contributed by atoms with Gasteiger partial charge in [0.15, 0.2) is 0 Å². The number of rotatable bonds is 4. The van der Waals surface area contributed by atoms with Crippen molar-refractivity contribution in [3.63, 3.8) is 0 Å². The highest BCUT2D eigenvalue weighted by molar-refractivity contribution is 5.87. The van der Waals surface area contributed by atoms with Crippen LogP contribution in [-0.2, 0) is 11.3 Å². The smallest absolute Gasteiger partial charge is 0.335 e. The van der Waals surface area contributed by atoms with E-state index in [2.05, 4.69) is 11.8 Å². The van der Waals surface area contributed by atoms with Crippen molar-refractivity contribution >= 4 is 5.97 Å². The van der Waals surface area contributed by atoms with Gasteiger partial charge in [0.2, 0.25) is 0 Å². The first-order valence-corrected chi connectivity index (χ1v) is 6.39. The van der Waals surface area contributed by atoms with E-state index in [0.717, 1.165) is 12.1 Å². The standard InChI is InChI=1S/C14H19NO4/c1-10-9-19-13(8-16)7-15(10)6-11-2-4-12(5-3-11)14(17)18/h2-5,10,13,16H,6-9H2,1H3,(H,17,18). The lowest BCUT2D eigenvalue weighted by Gasteiger charge is -2.37. The Balaban J connectivity index is 2.01. The molecule has 19 heavy (non-hydrogen) atoms. The maximum absolute atomic E-state index is 10.8. The molecule has 1 fully saturated rings. The Labute approximate surface area is 112 Å². The van der Waals surface area contributed by atoms with Gasteiger partial charge >= 0.3 is 5.97 Å². The second-order valence-corrected chi connectivity index (χ2v) is 4.92. The minimum absolute atomic E-state index is 0.0289. The predicted octanol–water partition coefficient (Wildman–Crippen LogP) is 0.966. The van der Waals surface area contributed by atoms with Crippen LogP contribution >= 0.6 is 0 Å². The van der Waals surface area contributed by atoms with E-state index in [9.17, 15) is 4.79 Å². The first kappa shape index (κ1) is 14.0. The lowest BCUT2D eigenvalue weighted by atomic mass is 10.1. The summed E-state index contributed by atoms with van der Waals surface area (Å²) in [6, 6.07) is 7.19. The van der Waals surface area contributed by atoms with Crippen LogP contribution in [0.4, 0.5) is 0 Å². The maximum atomic E-state index is 10.8. The zero-order chi connectivity index (χ0) is 13.8. The number of hydrogen-bond acceptors (Lipinski definition) is 4. The molecule has 0 aliphatic carbocycles. The predicted molar refractivity (Wildman–Crippen MR) is 70.1 cm³/mol. The lowest BCUT2D eigenvalue weighted by molar-refractivity contribution is -0.0805. The summed E-state index contributed by atoms with van der Waals surface area (Å²) >= 11 is 0. The van der Waals surface area contributed by atoms with Crippen molar-refractivity contribution in [2.75, 3.05) is 19.8 Å². The molecule has 1 saturated heterocycles. The third kappa shape index (κ3) is 3.53. The molecule has 1 aliphatic heterocycles. The van der Waals surface area contributed by atoms with Gasteiger partial charge in [0.1, 0.15) is 0 Å². The van der Waals surface area contributed by atoms with Crippen molar-refractivity contribution in [2.45, 2.75) is 25.6 Å². The van der Waals surface area contributed by atoms with E-state index < -0.39 is 5.97 Å². The second-order valence-electron chi connectivity index (χ2n) is 4.92. The minimum Gasteiger partial charge on any atom is -0.478 e. The fourth-order valence-electron chi connectivity index (χ4n) is 2.19. The molecule has 1 aromatic rings. The van der Waals surface area contributed by atoms with E-state index in [1.165, 1.54) is 0 Å². The van der Waals surface area contributed by atoms with Crippen LogP contribution in [-0.4, -0.2) is 53.0 Å². The Hall–Kier alpha value is -1.43.